The van der Waals surface area contributed by atoms with E-state index in [-0.39, 0.29) is 17.9 Å². The van der Waals surface area contributed by atoms with Crippen molar-refractivity contribution in [1.29, 1.82) is 0 Å². The van der Waals surface area contributed by atoms with Crippen molar-refractivity contribution >= 4 is 28.9 Å². The predicted octanol–water partition coefficient (Wildman–Crippen LogP) is 4.41. The lowest BCUT2D eigenvalue weighted by atomic mass is 9.91. The van der Waals surface area contributed by atoms with Crippen LogP contribution in [0.1, 0.15) is 37.8 Å². The third kappa shape index (κ3) is 3.77. The molecule has 1 fully saturated rings. The lowest BCUT2D eigenvalue weighted by Crippen LogP contribution is -2.48. The molecule has 6 heteroatoms. The smallest absolute Gasteiger partial charge is 0.282 e. The number of anilines is 1. The van der Waals surface area contributed by atoms with Crippen molar-refractivity contribution in [3.05, 3.63) is 65.2 Å². The van der Waals surface area contributed by atoms with Crippen LogP contribution in [0.4, 0.5) is 5.69 Å². The summed E-state index contributed by atoms with van der Waals surface area (Å²) in [4.78, 5) is 13.0. The van der Waals surface area contributed by atoms with Crippen molar-refractivity contribution in [3.8, 4) is 0 Å². The minimum absolute atomic E-state index is 0.0662. The number of carbonyl (C=O) groups is 1. The molecule has 28 heavy (non-hydrogen) atoms. The number of rotatable bonds is 4. The summed E-state index contributed by atoms with van der Waals surface area (Å²) in [6.07, 6.45) is 3.45. The van der Waals surface area contributed by atoms with E-state index in [1.165, 1.54) is 6.42 Å². The van der Waals surface area contributed by atoms with E-state index in [1.54, 1.807) is 0 Å². The molecule has 1 N–H and O–H groups in total. The fourth-order valence-corrected chi connectivity index (χ4v) is 4.23. The Kier molecular flexibility index (Phi) is 5.64. The molecule has 1 amide bonds. The summed E-state index contributed by atoms with van der Waals surface area (Å²) in [5.41, 5.74) is 5.52. The van der Waals surface area contributed by atoms with Crippen molar-refractivity contribution < 1.29 is 4.79 Å². The minimum atomic E-state index is -0.120. The molecule has 0 spiro atoms. The molecule has 4 rings (SSSR count). The molecule has 0 aromatic heterocycles. The molecule has 2 aromatic carbocycles. The van der Waals surface area contributed by atoms with Gasteiger partial charge in [-0.05, 0) is 30.5 Å². The topological polar surface area (TPSA) is 47.9 Å². The van der Waals surface area contributed by atoms with Gasteiger partial charge in [-0.2, -0.15) is 5.10 Å². The van der Waals surface area contributed by atoms with Crippen molar-refractivity contribution in [3.63, 3.8) is 0 Å². The van der Waals surface area contributed by atoms with E-state index in [2.05, 4.69) is 24.5 Å². The van der Waals surface area contributed by atoms with E-state index in [9.17, 15) is 4.79 Å². The number of amides is 1. The highest BCUT2D eigenvalue weighted by molar-refractivity contribution is 6.40. The summed E-state index contributed by atoms with van der Waals surface area (Å²) < 4.78 is 0. The van der Waals surface area contributed by atoms with Gasteiger partial charge in [0.25, 0.3) is 5.91 Å². The highest BCUT2D eigenvalue weighted by atomic mass is 35.5. The average Bonchev–Trinajstić information content (AvgIpc) is 3.07. The third-order valence-corrected chi connectivity index (χ3v) is 5.79. The van der Waals surface area contributed by atoms with Crippen LogP contribution in [0.15, 0.2) is 59.7 Å². The number of hydrogen-bond acceptors (Lipinski definition) is 4. The Balaban J connectivity index is 1.66. The zero-order valence-corrected chi connectivity index (χ0v) is 16.8. The molecule has 2 atom stereocenters. The van der Waals surface area contributed by atoms with E-state index in [0.717, 1.165) is 37.2 Å². The van der Waals surface area contributed by atoms with E-state index in [4.69, 9.17) is 16.7 Å². The summed E-state index contributed by atoms with van der Waals surface area (Å²) in [6, 6.07) is 17.7. The molecule has 146 valence electrons. The summed E-state index contributed by atoms with van der Waals surface area (Å²) in [5, 5.41) is 9.28. The Morgan fingerprint density at radius 2 is 1.71 bits per heavy atom. The third-order valence-electron chi connectivity index (χ3n) is 5.47. The molecule has 0 saturated carbocycles. The van der Waals surface area contributed by atoms with Crippen LogP contribution in [0.25, 0.3) is 0 Å². The first-order chi connectivity index (χ1) is 13.6. The Morgan fingerprint density at radius 1 is 1.04 bits per heavy atom. The van der Waals surface area contributed by atoms with Crippen LogP contribution in [-0.4, -0.2) is 29.7 Å². The molecule has 2 aliphatic heterocycles. The van der Waals surface area contributed by atoms with Crippen LogP contribution in [0, 0.1) is 5.92 Å². The number of benzene rings is 2. The second-order valence-electron chi connectivity index (χ2n) is 7.41. The van der Waals surface area contributed by atoms with Crippen molar-refractivity contribution in [2.75, 3.05) is 18.1 Å². The number of hydrazine groups is 1. The predicted molar refractivity (Wildman–Crippen MR) is 113 cm³/mol. The molecule has 5 nitrogen and oxygen atoms in total. The largest absolute Gasteiger partial charge is 0.284 e. The molecule has 2 heterocycles. The molecule has 1 saturated heterocycles. The van der Waals surface area contributed by atoms with Gasteiger partial charge in [0, 0.05) is 19.0 Å². The number of para-hydroxylation sites is 1. The van der Waals surface area contributed by atoms with Gasteiger partial charge in [0.1, 0.15) is 5.71 Å². The standard InChI is InChI=1S/C22H25ClN4O/c1-16-20(22(28)25-26-14-8-3-9-15-26)24-27(19-13-7-6-12-18(19)23)21(16)17-10-4-2-5-11-17/h2,4-7,10-13,16,21H,3,8-9,14-15H2,1H3,(H,25,28)/t16-,21+/m0/s1. The average molecular weight is 397 g/mol. The molecule has 2 aliphatic rings. The van der Waals surface area contributed by atoms with Crippen LogP contribution in [0.2, 0.25) is 5.02 Å². The fraction of sp³-hybridized carbons (Fsp3) is 0.364. The number of nitrogens with zero attached hydrogens (tertiary/aromatic N) is 3. The van der Waals surface area contributed by atoms with Gasteiger partial charge < -0.3 is 0 Å². The lowest BCUT2D eigenvalue weighted by molar-refractivity contribution is -0.120. The van der Waals surface area contributed by atoms with Gasteiger partial charge in [-0.15, -0.1) is 0 Å². The summed E-state index contributed by atoms with van der Waals surface area (Å²) in [5.74, 6) is -0.187. The number of hydrogen-bond donors (Lipinski definition) is 1. The second-order valence-corrected chi connectivity index (χ2v) is 7.82. The second kappa shape index (κ2) is 8.33. The number of halogens is 1. The van der Waals surface area contributed by atoms with Crippen LogP contribution in [0.3, 0.4) is 0 Å². The molecule has 0 bridgehead atoms. The van der Waals surface area contributed by atoms with Gasteiger partial charge in [-0.1, -0.05) is 67.4 Å². The summed E-state index contributed by atoms with van der Waals surface area (Å²) in [7, 11) is 0. The van der Waals surface area contributed by atoms with Crippen LogP contribution in [0.5, 0.6) is 0 Å². The SMILES string of the molecule is C[C@H]1C(C(=O)NN2CCCCC2)=NN(c2ccccc2Cl)[C@H]1c1ccccc1. The maximum atomic E-state index is 13.0. The lowest BCUT2D eigenvalue weighted by Gasteiger charge is -2.28. The summed E-state index contributed by atoms with van der Waals surface area (Å²) >= 11 is 6.47. The van der Waals surface area contributed by atoms with Gasteiger partial charge in [-0.3, -0.25) is 15.2 Å². The van der Waals surface area contributed by atoms with E-state index in [0.29, 0.717) is 10.7 Å². The minimum Gasteiger partial charge on any atom is -0.284 e. The Labute approximate surface area is 170 Å². The van der Waals surface area contributed by atoms with E-state index >= 15 is 0 Å². The van der Waals surface area contributed by atoms with Crippen molar-refractivity contribution in [1.82, 2.24) is 10.4 Å². The van der Waals surface area contributed by atoms with Gasteiger partial charge in [0.15, 0.2) is 0 Å². The van der Waals surface area contributed by atoms with Gasteiger partial charge in [-0.25, -0.2) is 5.01 Å². The maximum Gasteiger partial charge on any atom is 0.282 e. The zero-order valence-electron chi connectivity index (χ0n) is 16.0. The first kappa shape index (κ1) is 19.0. The zero-order chi connectivity index (χ0) is 19.5. The van der Waals surface area contributed by atoms with Crippen LogP contribution in [-0.2, 0) is 4.79 Å². The number of hydrazone groups is 1. The highest BCUT2D eigenvalue weighted by Gasteiger charge is 2.40. The number of carbonyl (C=O) groups excluding carboxylic acids is 1. The van der Waals surface area contributed by atoms with Gasteiger partial charge in [0.05, 0.1) is 16.8 Å². The van der Waals surface area contributed by atoms with Crippen molar-refractivity contribution in [2.45, 2.75) is 32.2 Å². The maximum absolute atomic E-state index is 13.0. The number of nitrogens with one attached hydrogen (secondary N) is 1. The Hall–Kier alpha value is -2.37. The van der Waals surface area contributed by atoms with E-state index < -0.39 is 0 Å². The summed E-state index contributed by atoms with van der Waals surface area (Å²) in [6.45, 7) is 3.84. The molecule has 0 aliphatic carbocycles. The molecule has 0 unspecified atom stereocenters. The first-order valence-electron chi connectivity index (χ1n) is 9.88. The molecular weight excluding hydrogens is 372 g/mol. The Bertz CT molecular complexity index is 864. The van der Waals surface area contributed by atoms with E-state index in [1.807, 2.05) is 52.5 Å². The first-order valence-corrected chi connectivity index (χ1v) is 10.3. The molecule has 0 radical (unpaired) electrons. The molecule has 2 aromatic rings. The highest BCUT2D eigenvalue weighted by Crippen LogP contribution is 2.41. The van der Waals surface area contributed by atoms with Crippen LogP contribution < -0.4 is 10.4 Å². The van der Waals surface area contributed by atoms with Gasteiger partial charge in [0.2, 0.25) is 0 Å². The normalized spacial score (nSPS) is 22.8. The Morgan fingerprint density at radius 3 is 2.43 bits per heavy atom. The van der Waals surface area contributed by atoms with Crippen LogP contribution >= 0.6 is 11.6 Å². The number of piperidine rings is 1. The fourth-order valence-electron chi connectivity index (χ4n) is 4.01. The van der Waals surface area contributed by atoms with Gasteiger partial charge >= 0.3 is 0 Å². The van der Waals surface area contributed by atoms with Crippen molar-refractivity contribution in [2.24, 2.45) is 11.0 Å². The monoisotopic (exact) mass is 396 g/mol. The quantitative estimate of drug-likeness (QED) is 0.832. The molecular formula is C22H25ClN4O.